The van der Waals surface area contributed by atoms with E-state index in [1.165, 1.54) is 24.3 Å². The summed E-state index contributed by atoms with van der Waals surface area (Å²) in [5.74, 6) is 0.0875. The third-order valence-electron chi connectivity index (χ3n) is 1.76. The molecule has 2 rings (SSSR count). The number of aromatic hydroxyl groups is 1. The van der Waals surface area contributed by atoms with Crippen LogP contribution in [0.2, 0.25) is 0 Å². The highest BCUT2D eigenvalue weighted by Crippen LogP contribution is 2.20. The molecule has 0 aliphatic carbocycles. The minimum absolute atomic E-state index is 0.0875. The normalized spacial score (nSPS) is 27.1. The van der Waals surface area contributed by atoms with Crippen LogP contribution in [0.15, 0.2) is 24.3 Å². The highest BCUT2D eigenvalue weighted by Gasteiger charge is 2.23. The SMILES string of the molecule is [2H]C1([2H])OC(=O)N[C@H]1c1ccc(O)cc1. The highest BCUT2D eigenvalue weighted by atomic mass is 16.6. The van der Waals surface area contributed by atoms with E-state index in [1.807, 2.05) is 0 Å². The number of hydrogen-bond donors (Lipinski definition) is 2. The van der Waals surface area contributed by atoms with Gasteiger partial charge in [-0.25, -0.2) is 4.79 Å². The number of rotatable bonds is 1. The Balaban J connectivity index is 2.31. The number of alkyl carbamates (subject to hydrolysis) is 1. The van der Waals surface area contributed by atoms with E-state index in [2.05, 4.69) is 10.1 Å². The van der Waals surface area contributed by atoms with Crippen LogP contribution in [0.5, 0.6) is 5.75 Å². The number of nitrogens with one attached hydrogen (secondary N) is 1. The zero-order valence-electron chi connectivity index (χ0n) is 8.65. The van der Waals surface area contributed by atoms with E-state index in [9.17, 15) is 4.79 Å². The second-order valence-electron chi connectivity index (χ2n) is 2.68. The van der Waals surface area contributed by atoms with Gasteiger partial charge in [0.25, 0.3) is 0 Å². The summed E-state index contributed by atoms with van der Waals surface area (Å²) in [5.41, 5.74) is 0.545. The van der Waals surface area contributed by atoms with E-state index < -0.39 is 18.7 Å². The molecule has 4 heteroatoms. The molecule has 0 unspecified atom stereocenters. The quantitative estimate of drug-likeness (QED) is 0.683. The lowest BCUT2D eigenvalue weighted by atomic mass is 10.1. The molecule has 0 bridgehead atoms. The molecule has 1 aliphatic heterocycles. The van der Waals surface area contributed by atoms with Gasteiger partial charge in [0, 0.05) is 0 Å². The molecule has 1 fully saturated rings. The molecule has 13 heavy (non-hydrogen) atoms. The molecule has 0 aromatic heterocycles. The van der Waals surface area contributed by atoms with E-state index in [-0.39, 0.29) is 5.75 Å². The topological polar surface area (TPSA) is 58.6 Å². The van der Waals surface area contributed by atoms with Crippen LogP contribution in [0.25, 0.3) is 0 Å². The number of ether oxygens (including phenoxy) is 1. The highest BCUT2D eigenvalue weighted by molar-refractivity contribution is 5.70. The smallest absolute Gasteiger partial charge is 0.407 e. The Morgan fingerprint density at radius 1 is 1.54 bits per heavy atom. The minimum Gasteiger partial charge on any atom is -0.508 e. The molecule has 2 N–H and O–H groups in total. The lowest BCUT2D eigenvalue weighted by Crippen LogP contribution is -2.17. The number of amides is 1. The van der Waals surface area contributed by atoms with Crippen LogP contribution in [0.3, 0.4) is 0 Å². The largest absolute Gasteiger partial charge is 0.508 e. The lowest BCUT2D eigenvalue weighted by Gasteiger charge is -2.06. The first kappa shape index (κ1) is 5.85. The van der Waals surface area contributed by atoms with E-state index in [0.29, 0.717) is 5.56 Å². The first-order chi connectivity index (χ1) is 6.99. The summed E-state index contributed by atoms with van der Waals surface area (Å²) in [4.78, 5) is 10.9. The molecule has 1 aliphatic rings. The molecule has 1 aromatic rings. The number of carbonyl (C=O) groups excluding carboxylic acids is 1. The van der Waals surface area contributed by atoms with E-state index in [1.54, 1.807) is 0 Å². The van der Waals surface area contributed by atoms with Gasteiger partial charge < -0.3 is 15.2 Å². The van der Waals surface area contributed by atoms with Crippen LogP contribution >= 0.6 is 0 Å². The fourth-order valence-corrected chi connectivity index (χ4v) is 1.11. The van der Waals surface area contributed by atoms with Crippen LogP contribution < -0.4 is 5.32 Å². The van der Waals surface area contributed by atoms with Crippen molar-refractivity contribution in [2.24, 2.45) is 0 Å². The summed E-state index contributed by atoms with van der Waals surface area (Å²) in [6.45, 7) is -2.06. The second kappa shape index (κ2) is 2.97. The number of cyclic esters (lactones) is 1. The minimum atomic E-state index is -2.06. The van der Waals surface area contributed by atoms with Gasteiger partial charge in [0.05, 0.1) is 8.78 Å². The maximum atomic E-state index is 10.9. The number of phenols is 1. The van der Waals surface area contributed by atoms with Gasteiger partial charge in [-0.15, -0.1) is 0 Å². The van der Waals surface area contributed by atoms with Crippen molar-refractivity contribution in [3.05, 3.63) is 29.8 Å². The standard InChI is InChI=1S/C9H9NO3/c11-7-3-1-6(2-4-7)8-5-13-9(12)10-8/h1-4,8,11H,5H2,(H,10,12)/t8-/m1/s1/i5D2. The molecule has 1 saturated heterocycles. The van der Waals surface area contributed by atoms with Crippen molar-refractivity contribution >= 4 is 6.09 Å². The number of benzene rings is 1. The number of phenolic OH excluding ortho intramolecular Hbond substituents is 1. The van der Waals surface area contributed by atoms with Crippen LogP contribution in [-0.2, 0) is 4.74 Å². The van der Waals surface area contributed by atoms with Gasteiger partial charge in [0.1, 0.15) is 12.3 Å². The van der Waals surface area contributed by atoms with Crippen molar-refractivity contribution in [1.82, 2.24) is 5.32 Å². The summed E-state index contributed by atoms with van der Waals surface area (Å²) in [6, 6.07) is 5.08. The number of carbonyl (C=O) groups is 1. The Labute approximate surface area is 77.9 Å². The zero-order chi connectivity index (χ0) is 11.1. The Morgan fingerprint density at radius 2 is 2.23 bits per heavy atom. The van der Waals surface area contributed by atoms with Gasteiger partial charge in [-0.3, -0.25) is 0 Å². The van der Waals surface area contributed by atoms with Gasteiger partial charge in [-0.2, -0.15) is 0 Å². The van der Waals surface area contributed by atoms with Gasteiger partial charge in [-0.1, -0.05) is 12.1 Å². The average Bonchev–Trinajstić information content (AvgIpc) is 2.41. The van der Waals surface area contributed by atoms with E-state index >= 15 is 0 Å². The fourth-order valence-electron chi connectivity index (χ4n) is 1.11. The Bertz CT molecular complexity index is 391. The molecule has 0 spiro atoms. The molecular weight excluding hydrogens is 170 g/mol. The monoisotopic (exact) mass is 181 g/mol. The van der Waals surface area contributed by atoms with Gasteiger partial charge in [0.2, 0.25) is 0 Å². The maximum Gasteiger partial charge on any atom is 0.407 e. The number of hydrogen-bond acceptors (Lipinski definition) is 3. The van der Waals surface area contributed by atoms with Crippen LogP contribution in [-0.4, -0.2) is 17.8 Å². The molecule has 1 heterocycles. The maximum absolute atomic E-state index is 10.9. The first-order valence-corrected chi connectivity index (χ1v) is 3.77. The van der Waals surface area contributed by atoms with Crippen LogP contribution in [0.1, 0.15) is 14.3 Å². The van der Waals surface area contributed by atoms with Gasteiger partial charge >= 0.3 is 6.09 Å². The Morgan fingerprint density at radius 3 is 2.77 bits per heavy atom. The van der Waals surface area contributed by atoms with Crippen molar-refractivity contribution in [3.8, 4) is 5.75 Å². The van der Waals surface area contributed by atoms with Crippen molar-refractivity contribution in [2.75, 3.05) is 6.56 Å². The molecule has 1 amide bonds. The summed E-state index contributed by atoms with van der Waals surface area (Å²) in [6.07, 6.45) is -0.780. The molecule has 0 radical (unpaired) electrons. The summed E-state index contributed by atoms with van der Waals surface area (Å²) >= 11 is 0. The Hall–Kier alpha value is -1.71. The van der Waals surface area contributed by atoms with Crippen molar-refractivity contribution < 1.29 is 17.4 Å². The third kappa shape index (κ3) is 1.56. The molecule has 1 atom stereocenters. The zero-order valence-corrected chi connectivity index (χ0v) is 6.65. The molecule has 4 nitrogen and oxygen atoms in total. The van der Waals surface area contributed by atoms with Crippen molar-refractivity contribution in [1.29, 1.82) is 0 Å². The first-order valence-electron chi connectivity index (χ1n) is 4.77. The van der Waals surface area contributed by atoms with Gasteiger partial charge in [-0.05, 0) is 17.7 Å². The van der Waals surface area contributed by atoms with E-state index in [4.69, 9.17) is 7.85 Å². The summed E-state index contributed by atoms with van der Waals surface area (Å²) < 4.78 is 19.4. The molecular formula is C9H9NO3. The average molecular weight is 181 g/mol. The Kier molecular flexibility index (Phi) is 1.34. The van der Waals surface area contributed by atoms with Crippen LogP contribution in [0.4, 0.5) is 4.79 Å². The predicted octanol–water partition coefficient (Wildman–Crippen LogP) is 1.17. The summed E-state index contributed by atoms with van der Waals surface area (Å²) in [5, 5.41) is 11.4. The molecule has 1 aromatic carbocycles. The lowest BCUT2D eigenvalue weighted by molar-refractivity contribution is 0.177. The molecule has 68 valence electrons. The summed E-state index contributed by atoms with van der Waals surface area (Å²) in [7, 11) is 0. The van der Waals surface area contributed by atoms with Crippen molar-refractivity contribution in [3.63, 3.8) is 0 Å². The van der Waals surface area contributed by atoms with E-state index in [0.717, 1.165) is 0 Å². The second-order valence-corrected chi connectivity index (χ2v) is 2.68. The fraction of sp³-hybridized carbons (Fsp3) is 0.222. The van der Waals surface area contributed by atoms with Crippen LogP contribution in [0, 0.1) is 0 Å². The molecule has 0 saturated carbocycles. The van der Waals surface area contributed by atoms with Gasteiger partial charge in [0.15, 0.2) is 0 Å². The predicted molar refractivity (Wildman–Crippen MR) is 45.3 cm³/mol. The third-order valence-corrected chi connectivity index (χ3v) is 1.76. The van der Waals surface area contributed by atoms with Crippen molar-refractivity contribution in [2.45, 2.75) is 6.04 Å².